The van der Waals surface area contributed by atoms with Gasteiger partial charge in [-0.15, -0.1) is 0 Å². The van der Waals surface area contributed by atoms with Crippen LogP contribution in [0.15, 0.2) is 23.1 Å². The first kappa shape index (κ1) is 11.6. The fourth-order valence-electron chi connectivity index (χ4n) is 0.964. The minimum atomic E-state index is -1.01. The minimum Gasteiger partial charge on any atom is -0.478 e. The molecule has 2 aromatic heterocycles. The van der Waals surface area contributed by atoms with Gasteiger partial charge in [0, 0.05) is 0 Å². The van der Waals surface area contributed by atoms with Crippen LogP contribution in [-0.2, 0) is 0 Å². The molecule has 0 radical (unpaired) electrons. The summed E-state index contributed by atoms with van der Waals surface area (Å²) in [5.74, 6) is -1.01. The van der Waals surface area contributed by atoms with Crippen molar-refractivity contribution in [3.63, 3.8) is 0 Å². The summed E-state index contributed by atoms with van der Waals surface area (Å²) < 4.78 is 2.20. The predicted octanol–water partition coefficient (Wildman–Crippen LogP) is 2.22. The number of hydrogen-bond acceptors (Lipinski definition) is 3. The molecule has 5 nitrogen and oxygen atoms in total. The Morgan fingerprint density at radius 3 is 2.73 bits per heavy atom. The molecule has 0 unspecified atom stereocenters. The lowest BCUT2D eigenvalue weighted by Crippen LogP contribution is -2.00. The van der Waals surface area contributed by atoms with Gasteiger partial charge in [-0.2, -0.15) is 5.10 Å². The van der Waals surface area contributed by atoms with Crippen molar-refractivity contribution >= 4 is 27.5 Å². The molecule has 0 bridgehead atoms. The van der Waals surface area contributed by atoms with E-state index in [-0.39, 0.29) is 5.56 Å². The molecule has 0 spiro atoms. The van der Waals surface area contributed by atoms with Gasteiger partial charge >= 0.3 is 5.97 Å². The van der Waals surface area contributed by atoms with Crippen LogP contribution in [0.3, 0.4) is 0 Å². The highest BCUT2D eigenvalue weighted by Gasteiger charge is 2.06. The van der Waals surface area contributed by atoms with Gasteiger partial charge in [0.05, 0.1) is 18.0 Å². The van der Waals surface area contributed by atoms with E-state index in [1.165, 1.54) is 16.8 Å². The quantitative estimate of drug-likeness (QED) is 0.864. The van der Waals surface area contributed by atoms with Gasteiger partial charge in [-0.3, -0.25) is 0 Å². The first-order valence-corrected chi connectivity index (χ1v) is 5.20. The van der Waals surface area contributed by atoms with Crippen molar-refractivity contribution < 1.29 is 9.90 Å². The molecular weight excluding hydrogens is 262 g/mol. The van der Waals surface area contributed by atoms with E-state index in [1.807, 2.05) is 13.8 Å². The third-order valence-electron chi connectivity index (χ3n) is 1.57. The van der Waals surface area contributed by atoms with Crippen LogP contribution in [0.25, 0.3) is 5.65 Å². The Morgan fingerprint density at radius 2 is 2.13 bits per heavy atom. The molecule has 0 aliphatic rings. The summed E-state index contributed by atoms with van der Waals surface area (Å²) in [5, 5.41) is 12.6. The molecule has 2 rings (SSSR count). The van der Waals surface area contributed by atoms with Crippen LogP contribution in [0.2, 0.25) is 0 Å². The summed E-state index contributed by atoms with van der Waals surface area (Å²) in [6, 6.07) is 1.46. The van der Waals surface area contributed by atoms with Crippen molar-refractivity contribution in [1.82, 2.24) is 14.6 Å². The third kappa shape index (κ3) is 2.33. The van der Waals surface area contributed by atoms with Crippen LogP contribution in [0, 0.1) is 0 Å². The number of rotatable bonds is 1. The van der Waals surface area contributed by atoms with E-state index in [0.717, 1.165) is 0 Å². The lowest BCUT2D eigenvalue weighted by molar-refractivity contribution is 0.0696. The number of aromatic nitrogens is 3. The van der Waals surface area contributed by atoms with Crippen molar-refractivity contribution in [2.45, 2.75) is 13.8 Å². The summed E-state index contributed by atoms with van der Waals surface area (Å²) in [7, 11) is 0. The standard InChI is InChI=1S/C7H4BrN3O2.C2H6/c8-5-3-9-6-1-4(7(12)13)2-10-11(5)6;1-2/h1-3H,(H,12,13);1-2H3. The highest BCUT2D eigenvalue weighted by Crippen LogP contribution is 2.11. The summed E-state index contributed by atoms with van der Waals surface area (Å²) in [6.45, 7) is 4.00. The number of nitrogens with zero attached hydrogens (tertiary/aromatic N) is 3. The Kier molecular flexibility index (Phi) is 3.79. The van der Waals surface area contributed by atoms with Gasteiger partial charge in [0.25, 0.3) is 0 Å². The number of carboxylic acids is 1. The second-order valence-electron chi connectivity index (χ2n) is 2.40. The van der Waals surface area contributed by atoms with Gasteiger partial charge in [0.2, 0.25) is 0 Å². The van der Waals surface area contributed by atoms with Crippen molar-refractivity contribution in [2.75, 3.05) is 0 Å². The maximum Gasteiger partial charge on any atom is 0.337 e. The van der Waals surface area contributed by atoms with Gasteiger partial charge < -0.3 is 5.11 Å². The van der Waals surface area contributed by atoms with E-state index >= 15 is 0 Å². The first-order valence-electron chi connectivity index (χ1n) is 4.41. The minimum absolute atomic E-state index is 0.130. The molecule has 2 heterocycles. The molecule has 0 saturated carbocycles. The van der Waals surface area contributed by atoms with E-state index in [0.29, 0.717) is 10.3 Å². The highest BCUT2D eigenvalue weighted by atomic mass is 79.9. The fraction of sp³-hybridized carbons (Fsp3) is 0.222. The Morgan fingerprint density at radius 1 is 1.47 bits per heavy atom. The summed E-state index contributed by atoms with van der Waals surface area (Å²) in [5.41, 5.74) is 0.636. The number of imidazole rings is 1. The molecule has 0 aliphatic carbocycles. The van der Waals surface area contributed by atoms with Crippen LogP contribution in [0.4, 0.5) is 0 Å². The summed E-state index contributed by atoms with van der Waals surface area (Å²) in [4.78, 5) is 14.5. The normalized spacial score (nSPS) is 9.53. The number of fused-ring (bicyclic) bond motifs is 1. The lowest BCUT2D eigenvalue weighted by Gasteiger charge is -1.95. The second kappa shape index (κ2) is 4.88. The van der Waals surface area contributed by atoms with Crippen molar-refractivity contribution in [2.24, 2.45) is 0 Å². The predicted molar refractivity (Wildman–Crippen MR) is 59.0 cm³/mol. The smallest absolute Gasteiger partial charge is 0.337 e. The van der Waals surface area contributed by atoms with Gasteiger partial charge in [0.1, 0.15) is 4.60 Å². The largest absolute Gasteiger partial charge is 0.478 e. The molecule has 15 heavy (non-hydrogen) atoms. The Balaban J connectivity index is 0.000000531. The fourth-order valence-corrected chi connectivity index (χ4v) is 1.34. The third-order valence-corrected chi connectivity index (χ3v) is 2.11. The molecule has 0 saturated heterocycles. The van der Waals surface area contributed by atoms with Crippen LogP contribution in [0.5, 0.6) is 0 Å². The molecule has 0 atom stereocenters. The van der Waals surface area contributed by atoms with Crippen LogP contribution in [-0.4, -0.2) is 25.7 Å². The van der Waals surface area contributed by atoms with Crippen LogP contribution in [0.1, 0.15) is 24.2 Å². The maximum atomic E-state index is 10.6. The lowest BCUT2D eigenvalue weighted by atomic mass is 10.3. The number of carboxylic acid groups (broad SMARTS) is 1. The SMILES string of the molecule is CC.O=C(O)c1cnn2c(Br)cnc2c1. The molecule has 0 fully saturated rings. The first-order chi connectivity index (χ1) is 7.18. The molecule has 80 valence electrons. The van der Waals surface area contributed by atoms with E-state index in [9.17, 15) is 4.79 Å². The summed E-state index contributed by atoms with van der Waals surface area (Å²) >= 11 is 3.22. The van der Waals surface area contributed by atoms with Gasteiger partial charge in [-0.25, -0.2) is 14.3 Å². The van der Waals surface area contributed by atoms with E-state index in [2.05, 4.69) is 26.0 Å². The van der Waals surface area contributed by atoms with Crippen molar-refractivity contribution in [3.8, 4) is 0 Å². The van der Waals surface area contributed by atoms with Gasteiger partial charge in [-0.1, -0.05) is 13.8 Å². The zero-order valence-corrected chi connectivity index (χ0v) is 9.89. The second-order valence-corrected chi connectivity index (χ2v) is 3.21. The zero-order valence-electron chi connectivity index (χ0n) is 8.31. The average molecular weight is 272 g/mol. The molecule has 2 aromatic rings. The maximum absolute atomic E-state index is 10.6. The summed E-state index contributed by atoms with van der Waals surface area (Å²) in [6.07, 6.45) is 2.84. The molecular formula is C9H10BrN3O2. The zero-order chi connectivity index (χ0) is 11.4. The molecule has 0 amide bonds. The number of hydrogen-bond donors (Lipinski definition) is 1. The van der Waals surface area contributed by atoms with Crippen molar-refractivity contribution in [1.29, 1.82) is 0 Å². The average Bonchev–Trinajstić information content (AvgIpc) is 2.63. The molecule has 6 heteroatoms. The monoisotopic (exact) mass is 271 g/mol. The van der Waals surface area contributed by atoms with E-state index in [4.69, 9.17) is 5.11 Å². The molecule has 1 N–H and O–H groups in total. The number of aromatic carboxylic acids is 1. The van der Waals surface area contributed by atoms with Gasteiger partial charge in [0.15, 0.2) is 5.65 Å². The Labute approximate surface area is 94.9 Å². The van der Waals surface area contributed by atoms with Gasteiger partial charge in [-0.05, 0) is 22.0 Å². The molecule has 0 aromatic carbocycles. The Bertz CT molecular complexity index is 481. The topological polar surface area (TPSA) is 67.5 Å². The van der Waals surface area contributed by atoms with Crippen molar-refractivity contribution in [3.05, 3.63) is 28.6 Å². The van der Waals surface area contributed by atoms with E-state index < -0.39 is 5.97 Å². The highest BCUT2D eigenvalue weighted by molar-refractivity contribution is 9.10. The van der Waals surface area contributed by atoms with Crippen LogP contribution < -0.4 is 0 Å². The molecule has 0 aliphatic heterocycles. The number of halogens is 1. The Hall–Kier alpha value is -1.43. The van der Waals surface area contributed by atoms with E-state index in [1.54, 1.807) is 6.20 Å². The van der Waals surface area contributed by atoms with Crippen LogP contribution >= 0.6 is 15.9 Å². The number of carbonyl (C=O) groups is 1.